The smallest absolute Gasteiger partial charge is 0.336 e. The predicted molar refractivity (Wildman–Crippen MR) is 81.3 cm³/mol. The molecule has 0 fully saturated rings. The summed E-state index contributed by atoms with van der Waals surface area (Å²) >= 11 is 0. The molecule has 0 unspecified atom stereocenters. The topological polar surface area (TPSA) is 85.2 Å². The Morgan fingerprint density at radius 2 is 2.00 bits per heavy atom. The van der Waals surface area contributed by atoms with Gasteiger partial charge in [-0.3, -0.25) is 0 Å². The van der Waals surface area contributed by atoms with Crippen molar-refractivity contribution in [3.63, 3.8) is 0 Å². The van der Waals surface area contributed by atoms with Crippen molar-refractivity contribution in [2.24, 2.45) is 0 Å². The zero-order valence-electron chi connectivity index (χ0n) is 12.1. The van der Waals surface area contributed by atoms with E-state index in [0.717, 1.165) is 0 Å². The normalized spacial score (nSPS) is 12.6. The van der Waals surface area contributed by atoms with Gasteiger partial charge in [0.05, 0.1) is 6.61 Å². The van der Waals surface area contributed by atoms with Gasteiger partial charge in [-0.05, 0) is 29.8 Å². The van der Waals surface area contributed by atoms with Gasteiger partial charge in [-0.1, -0.05) is 12.1 Å². The SMILES string of the molecule is O=C(/C=C/c1ccc(CO)c(O)c1)Oc1ccc2c(c1)OCO2. The second kappa shape index (κ2) is 6.41. The molecule has 1 aliphatic rings. The molecule has 0 saturated heterocycles. The highest BCUT2D eigenvalue weighted by Gasteiger charge is 2.14. The molecular weight excluding hydrogens is 300 g/mol. The van der Waals surface area contributed by atoms with Gasteiger partial charge in [-0.15, -0.1) is 0 Å². The van der Waals surface area contributed by atoms with E-state index in [1.807, 2.05) is 0 Å². The Bertz CT molecular complexity index is 766. The van der Waals surface area contributed by atoms with Crippen molar-refractivity contribution in [3.8, 4) is 23.0 Å². The third kappa shape index (κ3) is 3.44. The van der Waals surface area contributed by atoms with Crippen LogP contribution in [0.1, 0.15) is 11.1 Å². The van der Waals surface area contributed by atoms with Gasteiger partial charge in [0.1, 0.15) is 11.5 Å². The van der Waals surface area contributed by atoms with Gasteiger partial charge in [0.25, 0.3) is 0 Å². The molecule has 118 valence electrons. The van der Waals surface area contributed by atoms with Crippen LogP contribution in [0.2, 0.25) is 0 Å². The summed E-state index contributed by atoms with van der Waals surface area (Å²) in [7, 11) is 0. The molecular formula is C17H14O6. The second-order valence-electron chi connectivity index (χ2n) is 4.82. The molecule has 0 spiro atoms. The fourth-order valence-corrected chi connectivity index (χ4v) is 2.07. The molecule has 0 atom stereocenters. The Kier molecular flexibility index (Phi) is 4.16. The molecule has 0 radical (unpaired) electrons. The summed E-state index contributed by atoms with van der Waals surface area (Å²) in [4.78, 5) is 11.8. The quantitative estimate of drug-likeness (QED) is 0.511. The van der Waals surface area contributed by atoms with E-state index in [0.29, 0.717) is 28.4 Å². The molecule has 1 heterocycles. The van der Waals surface area contributed by atoms with Gasteiger partial charge >= 0.3 is 5.97 Å². The van der Waals surface area contributed by atoms with E-state index in [1.54, 1.807) is 30.3 Å². The molecule has 2 N–H and O–H groups in total. The van der Waals surface area contributed by atoms with Crippen molar-refractivity contribution in [1.82, 2.24) is 0 Å². The number of rotatable bonds is 4. The average Bonchev–Trinajstić information content (AvgIpc) is 3.01. The first-order chi connectivity index (χ1) is 11.2. The minimum absolute atomic E-state index is 0.0289. The first kappa shape index (κ1) is 14.9. The standard InChI is InChI=1S/C17H14O6/c18-9-12-3-1-11(7-14(12)19)2-6-17(20)23-13-4-5-15-16(8-13)22-10-21-15/h1-8,18-19H,9-10H2/b6-2+. The molecule has 1 aliphatic heterocycles. The maximum Gasteiger partial charge on any atom is 0.336 e. The first-order valence-corrected chi connectivity index (χ1v) is 6.88. The van der Waals surface area contributed by atoms with E-state index in [9.17, 15) is 9.90 Å². The van der Waals surface area contributed by atoms with Crippen LogP contribution in [0.25, 0.3) is 6.08 Å². The van der Waals surface area contributed by atoms with Crippen LogP contribution >= 0.6 is 0 Å². The number of carbonyl (C=O) groups excluding carboxylic acids is 1. The van der Waals surface area contributed by atoms with Crippen molar-refractivity contribution in [2.45, 2.75) is 6.61 Å². The highest BCUT2D eigenvalue weighted by atomic mass is 16.7. The van der Waals surface area contributed by atoms with Crippen LogP contribution in [0.3, 0.4) is 0 Å². The number of hydrogen-bond donors (Lipinski definition) is 2. The highest BCUT2D eigenvalue weighted by molar-refractivity contribution is 5.88. The molecule has 23 heavy (non-hydrogen) atoms. The number of aliphatic hydroxyl groups excluding tert-OH is 1. The summed E-state index contributed by atoms with van der Waals surface area (Å²) in [5.74, 6) is 0.902. The van der Waals surface area contributed by atoms with Crippen LogP contribution < -0.4 is 14.2 Å². The van der Waals surface area contributed by atoms with Gasteiger partial charge in [0.2, 0.25) is 6.79 Å². The highest BCUT2D eigenvalue weighted by Crippen LogP contribution is 2.35. The third-order valence-electron chi connectivity index (χ3n) is 3.25. The Morgan fingerprint density at radius 3 is 2.78 bits per heavy atom. The first-order valence-electron chi connectivity index (χ1n) is 6.88. The molecule has 0 bridgehead atoms. The predicted octanol–water partition coefficient (Wildman–Crippen LogP) is 2.23. The van der Waals surface area contributed by atoms with Gasteiger partial charge in [0.15, 0.2) is 11.5 Å². The van der Waals surface area contributed by atoms with Crippen LogP contribution in [0.5, 0.6) is 23.0 Å². The van der Waals surface area contributed by atoms with Crippen LogP contribution in [0.4, 0.5) is 0 Å². The lowest BCUT2D eigenvalue weighted by Gasteiger charge is -2.03. The van der Waals surface area contributed by atoms with E-state index in [1.165, 1.54) is 18.2 Å². The van der Waals surface area contributed by atoms with Crippen LogP contribution in [0, 0.1) is 0 Å². The minimum Gasteiger partial charge on any atom is -0.508 e. The molecule has 6 nitrogen and oxygen atoms in total. The molecule has 6 heteroatoms. The van der Waals surface area contributed by atoms with Gasteiger partial charge < -0.3 is 24.4 Å². The van der Waals surface area contributed by atoms with Crippen molar-refractivity contribution in [3.05, 3.63) is 53.6 Å². The average molecular weight is 314 g/mol. The van der Waals surface area contributed by atoms with Crippen molar-refractivity contribution < 1.29 is 29.2 Å². The number of benzene rings is 2. The number of aromatic hydroxyl groups is 1. The number of phenols is 1. The second-order valence-corrected chi connectivity index (χ2v) is 4.82. The number of esters is 1. The monoisotopic (exact) mass is 314 g/mol. The third-order valence-corrected chi connectivity index (χ3v) is 3.25. The summed E-state index contributed by atoms with van der Waals surface area (Å²) in [5.41, 5.74) is 1.03. The lowest BCUT2D eigenvalue weighted by molar-refractivity contribution is -0.128. The maximum absolute atomic E-state index is 11.8. The summed E-state index contributed by atoms with van der Waals surface area (Å²) < 4.78 is 15.6. The molecule has 0 saturated carbocycles. The molecule has 0 aliphatic carbocycles. The van der Waals surface area contributed by atoms with Gasteiger partial charge in [-0.2, -0.15) is 0 Å². The Labute approximate surface area is 132 Å². The molecule has 2 aromatic rings. The zero-order valence-corrected chi connectivity index (χ0v) is 12.1. The van der Waals surface area contributed by atoms with Crippen molar-refractivity contribution in [1.29, 1.82) is 0 Å². The summed E-state index contributed by atoms with van der Waals surface area (Å²) in [6.45, 7) is -0.0953. The fraction of sp³-hybridized carbons (Fsp3) is 0.118. The van der Waals surface area contributed by atoms with E-state index in [4.69, 9.17) is 19.3 Å². The van der Waals surface area contributed by atoms with Gasteiger partial charge in [0, 0.05) is 17.7 Å². The zero-order chi connectivity index (χ0) is 16.2. The summed E-state index contributed by atoms with van der Waals surface area (Å²) in [6.07, 6.45) is 2.76. The fourth-order valence-electron chi connectivity index (χ4n) is 2.07. The molecule has 2 aromatic carbocycles. The number of ether oxygens (including phenoxy) is 3. The summed E-state index contributed by atoms with van der Waals surface area (Å²) in [6, 6.07) is 9.57. The number of carbonyl (C=O) groups is 1. The van der Waals surface area contributed by atoms with Crippen LogP contribution in [-0.2, 0) is 11.4 Å². The van der Waals surface area contributed by atoms with Crippen LogP contribution in [0.15, 0.2) is 42.5 Å². The molecule has 3 rings (SSSR count). The number of fused-ring (bicyclic) bond motifs is 1. The minimum atomic E-state index is -0.561. The lowest BCUT2D eigenvalue weighted by atomic mass is 10.1. The van der Waals surface area contributed by atoms with E-state index in [-0.39, 0.29) is 19.1 Å². The van der Waals surface area contributed by atoms with Crippen LogP contribution in [-0.4, -0.2) is 23.0 Å². The molecule has 0 amide bonds. The maximum atomic E-state index is 11.8. The lowest BCUT2D eigenvalue weighted by Crippen LogP contribution is -2.03. The van der Waals surface area contributed by atoms with E-state index < -0.39 is 5.97 Å². The Balaban J connectivity index is 1.66. The van der Waals surface area contributed by atoms with Crippen molar-refractivity contribution in [2.75, 3.05) is 6.79 Å². The Morgan fingerprint density at radius 1 is 1.17 bits per heavy atom. The largest absolute Gasteiger partial charge is 0.508 e. The Hall–Kier alpha value is -2.99. The number of aliphatic hydroxyl groups is 1. The van der Waals surface area contributed by atoms with E-state index in [2.05, 4.69) is 0 Å². The van der Waals surface area contributed by atoms with Crippen molar-refractivity contribution >= 4 is 12.0 Å². The summed E-state index contributed by atoms with van der Waals surface area (Å²) in [5, 5.41) is 18.6. The number of hydrogen-bond acceptors (Lipinski definition) is 6. The van der Waals surface area contributed by atoms with E-state index >= 15 is 0 Å². The molecule has 0 aromatic heterocycles. The van der Waals surface area contributed by atoms with Gasteiger partial charge in [-0.25, -0.2) is 4.79 Å².